The van der Waals surface area contributed by atoms with Crippen LogP contribution in [0.4, 0.5) is 14.5 Å². The third-order valence-corrected chi connectivity index (χ3v) is 4.27. The van der Waals surface area contributed by atoms with E-state index in [4.69, 9.17) is 0 Å². The van der Waals surface area contributed by atoms with Crippen LogP contribution in [0.3, 0.4) is 0 Å². The molecule has 9 heteroatoms. The van der Waals surface area contributed by atoms with Crippen molar-refractivity contribution >= 4 is 23.4 Å². The second-order valence-electron chi connectivity index (χ2n) is 5.32. The van der Waals surface area contributed by atoms with Gasteiger partial charge >= 0.3 is 6.61 Å². The first-order valence-corrected chi connectivity index (χ1v) is 8.66. The fourth-order valence-electron chi connectivity index (χ4n) is 2.30. The van der Waals surface area contributed by atoms with Crippen LogP contribution in [0.25, 0.3) is 0 Å². The topological polar surface area (TPSA) is 72.7 Å². The minimum atomic E-state index is -2.91. The van der Waals surface area contributed by atoms with E-state index in [9.17, 15) is 23.7 Å². The van der Waals surface area contributed by atoms with E-state index in [-0.39, 0.29) is 23.5 Å². The third-order valence-electron chi connectivity index (χ3n) is 3.55. The minimum Gasteiger partial charge on any atom is -0.435 e. The maximum absolute atomic E-state index is 12.6. The summed E-state index contributed by atoms with van der Waals surface area (Å²) in [6.45, 7) is -2.75. The van der Waals surface area contributed by atoms with Crippen LogP contribution >= 0.6 is 11.8 Å². The number of halogens is 2. The summed E-state index contributed by atoms with van der Waals surface area (Å²) in [5, 5.41) is 11.2. The fourth-order valence-corrected chi connectivity index (χ4v) is 2.74. The normalized spacial score (nSPS) is 10.7. The Hall–Kier alpha value is -2.68. The Balaban J connectivity index is 2.18. The van der Waals surface area contributed by atoms with Crippen LogP contribution in [-0.4, -0.2) is 35.6 Å². The molecule has 0 aliphatic carbocycles. The molecule has 0 spiro atoms. The van der Waals surface area contributed by atoms with Gasteiger partial charge in [0.1, 0.15) is 11.3 Å². The van der Waals surface area contributed by atoms with Gasteiger partial charge in [0.25, 0.3) is 11.6 Å². The number of hydrogen-bond donors (Lipinski definition) is 0. The van der Waals surface area contributed by atoms with Gasteiger partial charge in [0.15, 0.2) is 0 Å². The summed E-state index contributed by atoms with van der Waals surface area (Å²) in [6.07, 6.45) is 1.81. The van der Waals surface area contributed by atoms with E-state index in [1.54, 1.807) is 18.2 Å². The van der Waals surface area contributed by atoms with Crippen molar-refractivity contribution < 1.29 is 23.2 Å². The predicted octanol–water partition coefficient (Wildman–Crippen LogP) is 4.19. The zero-order valence-corrected chi connectivity index (χ0v) is 14.8. The highest BCUT2D eigenvalue weighted by Gasteiger charge is 2.23. The molecule has 1 amide bonds. The third kappa shape index (κ3) is 4.92. The molecule has 0 saturated heterocycles. The van der Waals surface area contributed by atoms with E-state index < -0.39 is 17.4 Å². The van der Waals surface area contributed by atoms with Crippen LogP contribution < -0.4 is 4.74 Å². The molecule has 138 valence electrons. The first-order chi connectivity index (χ1) is 12.3. The van der Waals surface area contributed by atoms with Crippen LogP contribution in [-0.2, 0) is 6.54 Å². The van der Waals surface area contributed by atoms with E-state index in [1.165, 1.54) is 48.0 Å². The van der Waals surface area contributed by atoms with Crippen LogP contribution in [0.15, 0.2) is 47.4 Å². The molecule has 2 rings (SSSR count). The van der Waals surface area contributed by atoms with Crippen molar-refractivity contribution in [2.75, 3.05) is 13.3 Å². The monoisotopic (exact) mass is 382 g/mol. The van der Waals surface area contributed by atoms with Crippen molar-refractivity contribution in [3.05, 3.63) is 63.7 Å². The van der Waals surface area contributed by atoms with Gasteiger partial charge in [-0.1, -0.05) is 12.1 Å². The van der Waals surface area contributed by atoms with Crippen molar-refractivity contribution in [2.45, 2.75) is 18.1 Å². The van der Waals surface area contributed by atoms with Gasteiger partial charge in [0.2, 0.25) is 0 Å². The van der Waals surface area contributed by atoms with Crippen molar-refractivity contribution in [3.8, 4) is 5.75 Å². The number of benzene rings is 2. The molecule has 0 aromatic heterocycles. The summed E-state index contributed by atoms with van der Waals surface area (Å²) >= 11 is 1.37. The number of rotatable bonds is 7. The van der Waals surface area contributed by atoms with E-state index in [0.717, 1.165) is 4.90 Å². The van der Waals surface area contributed by atoms with Gasteiger partial charge in [-0.25, -0.2) is 0 Å². The molecule has 0 aliphatic rings. The largest absolute Gasteiger partial charge is 0.435 e. The Kier molecular flexibility index (Phi) is 6.51. The lowest BCUT2D eigenvalue weighted by Crippen LogP contribution is -2.27. The number of hydrogen-bond acceptors (Lipinski definition) is 5. The Morgan fingerprint density at radius 3 is 2.46 bits per heavy atom. The Morgan fingerprint density at radius 1 is 1.27 bits per heavy atom. The Bertz CT molecular complexity index is 800. The summed E-state index contributed by atoms with van der Waals surface area (Å²) in [6, 6.07) is 10.2. The molecular formula is C17H16F2N2O4S. The molecule has 0 aliphatic heterocycles. The smallest absolute Gasteiger partial charge is 0.387 e. The molecule has 0 atom stereocenters. The molecule has 26 heavy (non-hydrogen) atoms. The highest BCUT2D eigenvalue weighted by molar-refractivity contribution is 7.98. The van der Waals surface area contributed by atoms with E-state index in [0.29, 0.717) is 5.56 Å². The summed E-state index contributed by atoms with van der Waals surface area (Å²) < 4.78 is 28.6. The predicted molar refractivity (Wildman–Crippen MR) is 93.7 cm³/mol. The van der Waals surface area contributed by atoms with Gasteiger partial charge in [0, 0.05) is 24.6 Å². The summed E-state index contributed by atoms with van der Waals surface area (Å²) in [7, 11) is 1.52. The lowest BCUT2D eigenvalue weighted by atomic mass is 10.1. The quantitative estimate of drug-likeness (QED) is 0.408. The van der Waals surface area contributed by atoms with Crippen LogP contribution in [0, 0.1) is 10.1 Å². The van der Waals surface area contributed by atoms with E-state index in [2.05, 4.69) is 4.74 Å². The molecule has 0 unspecified atom stereocenters. The minimum absolute atomic E-state index is 0.00186. The van der Waals surface area contributed by atoms with Crippen molar-refractivity contribution in [1.82, 2.24) is 4.90 Å². The molecule has 0 N–H and O–H groups in total. The number of ether oxygens (including phenoxy) is 1. The fraction of sp³-hybridized carbons (Fsp3) is 0.235. The average Bonchev–Trinajstić information content (AvgIpc) is 2.61. The lowest BCUT2D eigenvalue weighted by molar-refractivity contribution is -0.385. The van der Waals surface area contributed by atoms with Crippen LogP contribution in [0.1, 0.15) is 15.9 Å². The van der Waals surface area contributed by atoms with Crippen molar-refractivity contribution in [3.63, 3.8) is 0 Å². The second-order valence-corrected chi connectivity index (χ2v) is 6.20. The van der Waals surface area contributed by atoms with Gasteiger partial charge in [0.05, 0.1) is 4.92 Å². The summed E-state index contributed by atoms with van der Waals surface area (Å²) in [5.41, 5.74) is 0.411. The van der Waals surface area contributed by atoms with Crippen molar-refractivity contribution in [2.24, 2.45) is 0 Å². The highest BCUT2D eigenvalue weighted by atomic mass is 32.2. The van der Waals surface area contributed by atoms with E-state index in [1.807, 2.05) is 6.26 Å². The van der Waals surface area contributed by atoms with Gasteiger partial charge in [-0.15, -0.1) is 11.8 Å². The highest BCUT2D eigenvalue weighted by Crippen LogP contribution is 2.26. The van der Waals surface area contributed by atoms with E-state index >= 15 is 0 Å². The van der Waals surface area contributed by atoms with Crippen LogP contribution in [0.2, 0.25) is 0 Å². The standard InChI is InChI=1S/C17H16F2N2O4S/c1-20(10-11-3-5-12(6-4-11)25-17(18)19)16(22)14-9-13(26-2)7-8-15(14)21(23)24/h3-9,17H,10H2,1-2H3. The molecule has 0 saturated carbocycles. The average molecular weight is 382 g/mol. The second kappa shape index (κ2) is 8.61. The van der Waals surface area contributed by atoms with Gasteiger partial charge in [-0.2, -0.15) is 8.78 Å². The number of nitro groups is 1. The lowest BCUT2D eigenvalue weighted by Gasteiger charge is -2.18. The first kappa shape index (κ1) is 19.6. The number of carbonyl (C=O) groups excluding carboxylic acids is 1. The number of thioether (sulfide) groups is 1. The Morgan fingerprint density at radius 2 is 1.92 bits per heavy atom. The molecule has 0 radical (unpaired) electrons. The molecule has 2 aromatic carbocycles. The maximum atomic E-state index is 12.6. The number of alkyl halides is 2. The van der Waals surface area contributed by atoms with Gasteiger partial charge < -0.3 is 9.64 Å². The summed E-state index contributed by atoms with van der Waals surface area (Å²) in [5.74, 6) is -0.485. The molecule has 2 aromatic rings. The Labute approximate surface area is 152 Å². The van der Waals surface area contributed by atoms with Gasteiger partial charge in [-0.05, 0) is 36.1 Å². The molecular weight excluding hydrogens is 366 g/mol. The first-order valence-electron chi connectivity index (χ1n) is 7.43. The molecule has 6 nitrogen and oxygen atoms in total. The number of nitrogens with zero attached hydrogens (tertiary/aromatic N) is 2. The SMILES string of the molecule is CSc1ccc([N+](=O)[O-])c(C(=O)N(C)Cc2ccc(OC(F)F)cc2)c1. The number of carbonyl (C=O) groups is 1. The maximum Gasteiger partial charge on any atom is 0.387 e. The number of nitro benzene ring substituents is 1. The molecule has 0 heterocycles. The summed E-state index contributed by atoms with van der Waals surface area (Å²) in [4.78, 5) is 25.3. The van der Waals surface area contributed by atoms with Crippen LogP contribution in [0.5, 0.6) is 5.75 Å². The van der Waals surface area contributed by atoms with Gasteiger partial charge in [-0.3, -0.25) is 14.9 Å². The molecule has 0 fully saturated rings. The van der Waals surface area contributed by atoms with Crippen molar-refractivity contribution in [1.29, 1.82) is 0 Å². The number of amides is 1. The zero-order chi connectivity index (χ0) is 19.3. The molecule has 0 bridgehead atoms. The zero-order valence-electron chi connectivity index (χ0n) is 14.0.